The number of benzene rings is 3. The van der Waals surface area contributed by atoms with Crippen LogP contribution in [-0.2, 0) is 20.2 Å². The van der Waals surface area contributed by atoms with Crippen molar-refractivity contribution in [2.75, 3.05) is 5.32 Å². The van der Waals surface area contributed by atoms with E-state index < -0.39 is 58.8 Å². The predicted molar refractivity (Wildman–Crippen MR) is 135 cm³/mol. The van der Waals surface area contributed by atoms with Crippen LogP contribution >= 0.6 is 11.6 Å². The van der Waals surface area contributed by atoms with E-state index in [4.69, 9.17) is 11.6 Å². The maximum atomic E-state index is 13.6. The van der Waals surface area contributed by atoms with Crippen molar-refractivity contribution < 1.29 is 98.9 Å². The molecule has 0 fully saturated rings. The number of anilines is 2. The summed E-state index contributed by atoms with van der Waals surface area (Å²) in [5.74, 6) is -2.32. The maximum Gasteiger partial charge on any atom is 1.00 e. The molecule has 208 valence electrons. The molecule has 0 bridgehead atoms. The molecule has 0 radical (unpaired) electrons. The van der Waals surface area contributed by atoms with Crippen LogP contribution in [0.1, 0.15) is 6.92 Å². The predicted octanol–water partition coefficient (Wildman–Crippen LogP) is -1.71. The van der Waals surface area contributed by atoms with Crippen LogP contribution in [0.5, 0.6) is 0 Å². The van der Waals surface area contributed by atoms with Crippen molar-refractivity contribution in [2.24, 2.45) is 15.2 Å². The van der Waals surface area contributed by atoms with E-state index >= 15 is 0 Å². The Labute approximate surface area is 286 Å². The average molecular weight is 657 g/mol. The van der Waals surface area contributed by atoms with Gasteiger partial charge < -0.3 is 15.0 Å². The summed E-state index contributed by atoms with van der Waals surface area (Å²) in [6.07, 6.45) is -1.37. The normalized spacial score (nSPS) is 12.2. The van der Waals surface area contributed by atoms with Gasteiger partial charge >= 0.3 is 65.2 Å². The molecule has 0 unspecified atom stereocenters. The molecule has 3 aromatic carbocycles. The summed E-state index contributed by atoms with van der Waals surface area (Å²) in [6, 6.07) is 9.20. The summed E-state index contributed by atoms with van der Waals surface area (Å²) in [6.45, 7) is 1.16. The van der Waals surface area contributed by atoms with Crippen molar-refractivity contribution in [3.05, 3.63) is 65.6 Å². The average Bonchev–Trinajstić information content (AvgIpc) is 2.84. The number of hydrogen-bond acceptors (Lipinski definition) is 12. The zero-order valence-electron chi connectivity index (χ0n) is 21.7. The Balaban J connectivity index is 0.00000308. The molecule has 0 aliphatic heterocycles. The molecule has 4 aromatic rings. The topological polar surface area (TPSA) is 210 Å². The standard InChI is InChI=1S/C22H15ClF2N6O7S2.2Na/c1-10(32)26-17-8-12(27-21-19(23)20(24)28-22(25)29-21)4-5-16(17)31-30-13-3-2-11-6-14(39(33,34)35)9-18(15(11)7-13)40(36,37)38;;/h2-9H,1H3,(H,26,32)(H,27,28,29)(H,33,34,35)(H,36,37,38);;/q;2*+1/p-2. The molecule has 2 N–H and O–H groups in total. The number of azo groups is 1. The third-order valence-corrected chi connectivity index (χ3v) is 7.05. The van der Waals surface area contributed by atoms with E-state index in [0.717, 1.165) is 13.0 Å². The van der Waals surface area contributed by atoms with Gasteiger partial charge in [0.15, 0.2) is 5.82 Å². The fourth-order valence-corrected chi connectivity index (χ4v) is 4.85. The molecule has 0 atom stereocenters. The Bertz CT molecular complexity index is 1960. The van der Waals surface area contributed by atoms with Crippen LogP contribution < -0.4 is 69.5 Å². The Morgan fingerprint density at radius 3 is 2.29 bits per heavy atom. The van der Waals surface area contributed by atoms with Gasteiger partial charge in [0, 0.05) is 11.1 Å². The van der Waals surface area contributed by atoms with Gasteiger partial charge in [-0.3, -0.25) is 9.55 Å². The van der Waals surface area contributed by atoms with Crippen LogP contribution in [-0.4, -0.2) is 41.8 Å². The van der Waals surface area contributed by atoms with Crippen molar-refractivity contribution in [3.8, 4) is 0 Å². The number of fused-ring (bicyclic) bond motifs is 1. The van der Waals surface area contributed by atoms with Gasteiger partial charge in [-0.05, 0) is 60.7 Å². The molecule has 42 heavy (non-hydrogen) atoms. The van der Waals surface area contributed by atoms with Crippen molar-refractivity contribution in [2.45, 2.75) is 16.7 Å². The van der Waals surface area contributed by atoms with Crippen molar-refractivity contribution in [3.63, 3.8) is 0 Å². The molecule has 20 heteroatoms. The number of rotatable bonds is 7. The molecule has 0 amide bonds. The molecule has 0 spiro atoms. The minimum atomic E-state index is -5.04. The van der Waals surface area contributed by atoms with E-state index in [0.29, 0.717) is 6.07 Å². The smallest absolute Gasteiger partial charge is 0.862 e. The summed E-state index contributed by atoms with van der Waals surface area (Å²) in [7, 11) is -10.00. The van der Waals surface area contributed by atoms with Gasteiger partial charge in [-0.2, -0.15) is 32.3 Å². The summed E-state index contributed by atoms with van der Waals surface area (Å²) < 4.78 is 94.6. The van der Waals surface area contributed by atoms with Gasteiger partial charge in [0.25, 0.3) is 10.1 Å². The number of halogens is 3. The first-order chi connectivity index (χ1) is 18.6. The van der Waals surface area contributed by atoms with Gasteiger partial charge in [-0.1, -0.05) is 17.7 Å². The second kappa shape index (κ2) is 14.1. The Morgan fingerprint density at radius 2 is 1.67 bits per heavy atom. The van der Waals surface area contributed by atoms with Crippen LogP contribution in [0.15, 0.2) is 73.5 Å². The second-order valence-electron chi connectivity index (χ2n) is 7.86. The van der Waals surface area contributed by atoms with E-state index in [1.807, 2.05) is 0 Å². The molecule has 4 rings (SSSR count). The summed E-state index contributed by atoms with van der Waals surface area (Å²) in [4.78, 5) is 8.35. The fraction of sp³-hybridized carbons (Fsp3) is 0.0455. The van der Waals surface area contributed by atoms with E-state index in [-0.39, 0.29) is 92.6 Å². The van der Waals surface area contributed by atoms with Crippen molar-refractivity contribution in [1.29, 1.82) is 0 Å². The molecule has 0 aliphatic rings. The summed E-state index contributed by atoms with van der Waals surface area (Å²) in [5, 5.41) is 21.5. The third kappa shape index (κ3) is 8.70. The first kappa shape index (κ1) is 36.0. The van der Waals surface area contributed by atoms with Gasteiger partial charge in [-0.15, -0.1) is 5.11 Å². The number of hydrogen-bond donors (Lipinski definition) is 2. The molecule has 1 heterocycles. The minimum Gasteiger partial charge on any atom is -0.862 e. The Hall–Kier alpha value is -2.16. The largest absolute Gasteiger partial charge is 1.00 e. The minimum absolute atomic E-state index is 0. The molecule has 0 aliphatic carbocycles. The fourth-order valence-electron chi connectivity index (χ4n) is 3.38. The monoisotopic (exact) mass is 656 g/mol. The molecule has 13 nitrogen and oxygen atoms in total. The first-order valence-corrected chi connectivity index (χ1v) is 13.8. The van der Waals surface area contributed by atoms with Crippen LogP contribution in [0.4, 0.5) is 37.3 Å². The number of nitrogens with one attached hydrogen (secondary N) is 1. The van der Waals surface area contributed by atoms with Gasteiger partial charge in [0.2, 0.25) is 5.95 Å². The molecular formula is C22H13ClF2N6Na2O7S2. The Kier molecular flexibility index (Phi) is 12.1. The number of aliphatic imine (C=N–C) groups is 1. The maximum absolute atomic E-state index is 13.6. The molecule has 0 saturated carbocycles. The molecule has 0 saturated heterocycles. The van der Waals surface area contributed by atoms with Crippen LogP contribution in [0.25, 0.3) is 10.8 Å². The quantitative estimate of drug-likeness (QED) is 0.0438. The van der Waals surface area contributed by atoms with Crippen LogP contribution in [0, 0.1) is 12.0 Å². The zero-order chi connectivity index (χ0) is 29.4. The molecular weight excluding hydrogens is 644 g/mol. The SMILES string of the molecule is CC([O-])=Nc1cc(Nc2nc(F)nc(F)c2Cl)ccc1N=Nc1ccc2cc(S(=O)(=O)[O-])cc(S(=O)(=O)O)c2c1.[Na+].[Na+]. The van der Waals surface area contributed by atoms with E-state index in [9.17, 15) is 39.8 Å². The van der Waals surface area contributed by atoms with Crippen molar-refractivity contribution >= 4 is 77.1 Å². The van der Waals surface area contributed by atoms with Crippen molar-refractivity contribution in [1.82, 2.24) is 9.97 Å². The first-order valence-electron chi connectivity index (χ1n) is 10.6. The zero-order valence-corrected chi connectivity index (χ0v) is 28.1. The van der Waals surface area contributed by atoms with E-state index in [1.165, 1.54) is 36.4 Å². The summed E-state index contributed by atoms with van der Waals surface area (Å²) >= 11 is 5.76. The summed E-state index contributed by atoms with van der Waals surface area (Å²) in [5.41, 5.74) is 0.197. The van der Waals surface area contributed by atoms with Gasteiger partial charge in [-0.25, -0.2) is 8.42 Å². The van der Waals surface area contributed by atoms with Gasteiger partial charge in [0.1, 0.15) is 25.7 Å². The van der Waals surface area contributed by atoms with Crippen LogP contribution in [0.2, 0.25) is 5.02 Å². The third-order valence-electron chi connectivity index (χ3n) is 5.01. The van der Waals surface area contributed by atoms with Gasteiger partial charge in [0.05, 0.1) is 16.3 Å². The number of nitrogens with zero attached hydrogens (tertiary/aromatic N) is 5. The second-order valence-corrected chi connectivity index (χ2v) is 11.0. The number of aromatic nitrogens is 2. The van der Waals surface area contributed by atoms with Crippen LogP contribution in [0.3, 0.4) is 0 Å². The molecule has 1 aromatic heterocycles. The van der Waals surface area contributed by atoms with E-state index in [2.05, 4.69) is 30.5 Å². The van der Waals surface area contributed by atoms with E-state index in [1.54, 1.807) is 0 Å². The Morgan fingerprint density at radius 1 is 0.976 bits per heavy atom.